The number of hydrogen-bond acceptors (Lipinski definition) is 5. The Morgan fingerprint density at radius 2 is 1.73 bits per heavy atom. The van der Waals surface area contributed by atoms with E-state index >= 15 is 0 Å². The molecular weight excluding hydrogens is 396 g/mol. The highest BCUT2D eigenvalue weighted by Gasteiger charge is 2.14. The molecule has 0 aliphatic carbocycles. The quantitative estimate of drug-likeness (QED) is 0.410. The van der Waals surface area contributed by atoms with Gasteiger partial charge in [-0.1, -0.05) is 42.5 Å². The second kappa shape index (κ2) is 7.57. The third-order valence-corrected chi connectivity index (χ3v) is 5.83. The number of carbonyl (C=O) groups is 1. The molecule has 5 nitrogen and oxygen atoms in total. The van der Waals surface area contributed by atoms with E-state index in [4.69, 9.17) is 4.42 Å². The Morgan fingerprint density at radius 3 is 2.57 bits per heavy atom. The lowest BCUT2D eigenvalue weighted by atomic mass is 10.1. The highest BCUT2D eigenvalue weighted by Crippen LogP contribution is 2.24. The highest BCUT2D eigenvalue weighted by molar-refractivity contribution is 7.18. The van der Waals surface area contributed by atoms with Crippen molar-refractivity contribution in [1.29, 1.82) is 0 Å². The standard InChI is InChI=1S/C24H16N2O3S/c27-23(18-14-16-5-1-3-7-20(16)29-24(18)28)25-17-11-9-15(10-12-17)13-22-26-19-6-2-4-8-21(19)30-22/h1-12,14H,13H2,(H,25,27). The summed E-state index contributed by atoms with van der Waals surface area (Å²) in [5.74, 6) is -0.492. The zero-order valence-corrected chi connectivity index (χ0v) is 16.6. The lowest BCUT2D eigenvalue weighted by Gasteiger charge is -2.06. The predicted octanol–water partition coefficient (Wildman–Crippen LogP) is 5.25. The summed E-state index contributed by atoms with van der Waals surface area (Å²) in [5.41, 5.74) is 2.50. The van der Waals surface area contributed by atoms with E-state index in [1.165, 1.54) is 4.70 Å². The number of thiazole rings is 1. The topological polar surface area (TPSA) is 72.2 Å². The molecule has 2 heterocycles. The van der Waals surface area contributed by atoms with Crippen molar-refractivity contribution < 1.29 is 9.21 Å². The number of anilines is 1. The van der Waals surface area contributed by atoms with Crippen molar-refractivity contribution in [2.45, 2.75) is 6.42 Å². The second-order valence-corrected chi connectivity index (χ2v) is 8.00. The fourth-order valence-corrected chi connectivity index (χ4v) is 4.30. The van der Waals surface area contributed by atoms with E-state index in [0.717, 1.165) is 22.5 Å². The number of rotatable bonds is 4. The number of aromatic nitrogens is 1. The van der Waals surface area contributed by atoms with Crippen LogP contribution in [0.15, 0.2) is 88.1 Å². The molecular formula is C24H16N2O3S. The minimum atomic E-state index is -0.654. The van der Waals surface area contributed by atoms with E-state index in [9.17, 15) is 9.59 Å². The van der Waals surface area contributed by atoms with Crippen LogP contribution in [0.25, 0.3) is 21.2 Å². The minimum Gasteiger partial charge on any atom is -0.422 e. The van der Waals surface area contributed by atoms with Gasteiger partial charge in [-0.3, -0.25) is 4.79 Å². The maximum Gasteiger partial charge on any atom is 0.349 e. The van der Waals surface area contributed by atoms with Crippen molar-refractivity contribution in [3.63, 3.8) is 0 Å². The summed E-state index contributed by atoms with van der Waals surface area (Å²) in [6.45, 7) is 0. The number of amides is 1. The normalized spacial score (nSPS) is 11.1. The molecule has 0 spiro atoms. The number of benzene rings is 3. The van der Waals surface area contributed by atoms with Crippen LogP contribution in [-0.2, 0) is 6.42 Å². The van der Waals surface area contributed by atoms with Crippen LogP contribution in [0, 0.1) is 0 Å². The Bertz CT molecular complexity index is 1400. The van der Waals surface area contributed by atoms with Crippen LogP contribution in [0.3, 0.4) is 0 Å². The smallest absolute Gasteiger partial charge is 0.349 e. The van der Waals surface area contributed by atoms with Crippen LogP contribution in [-0.4, -0.2) is 10.9 Å². The number of para-hydroxylation sites is 2. The number of hydrogen-bond donors (Lipinski definition) is 1. The average Bonchev–Trinajstić information content (AvgIpc) is 3.17. The molecule has 0 aliphatic heterocycles. The molecule has 6 heteroatoms. The molecule has 30 heavy (non-hydrogen) atoms. The van der Waals surface area contributed by atoms with Crippen molar-refractivity contribution in [3.05, 3.63) is 105 Å². The van der Waals surface area contributed by atoms with Crippen molar-refractivity contribution in [1.82, 2.24) is 4.98 Å². The van der Waals surface area contributed by atoms with Gasteiger partial charge in [0.2, 0.25) is 0 Å². The van der Waals surface area contributed by atoms with Crippen molar-refractivity contribution in [2.75, 3.05) is 5.32 Å². The maximum absolute atomic E-state index is 12.6. The van der Waals surface area contributed by atoms with Crippen LogP contribution in [0.5, 0.6) is 0 Å². The largest absolute Gasteiger partial charge is 0.422 e. The van der Waals surface area contributed by atoms with Gasteiger partial charge in [-0.25, -0.2) is 9.78 Å². The van der Waals surface area contributed by atoms with Crippen LogP contribution in [0.2, 0.25) is 0 Å². The van der Waals surface area contributed by atoms with E-state index in [1.807, 2.05) is 48.5 Å². The average molecular weight is 412 g/mol. The zero-order valence-electron chi connectivity index (χ0n) is 15.8. The Balaban J connectivity index is 1.32. The van der Waals surface area contributed by atoms with Gasteiger partial charge in [0.1, 0.15) is 11.1 Å². The van der Waals surface area contributed by atoms with Gasteiger partial charge in [-0.05, 0) is 42.0 Å². The number of nitrogens with one attached hydrogen (secondary N) is 1. The Morgan fingerprint density at radius 1 is 0.967 bits per heavy atom. The predicted molar refractivity (Wildman–Crippen MR) is 119 cm³/mol. The monoisotopic (exact) mass is 412 g/mol. The lowest BCUT2D eigenvalue weighted by Crippen LogP contribution is -2.20. The molecule has 2 aromatic heterocycles. The van der Waals surface area contributed by atoms with Gasteiger partial charge in [0.05, 0.1) is 15.2 Å². The summed E-state index contributed by atoms with van der Waals surface area (Å²) < 4.78 is 6.41. The van der Waals surface area contributed by atoms with E-state index < -0.39 is 11.5 Å². The van der Waals surface area contributed by atoms with Gasteiger partial charge in [0, 0.05) is 17.5 Å². The summed E-state index contributed by atoms with van der Waals surface area (Å²) in [5, 5.41) is 4.51. The maximum atomic E-state index is 12.6. The molecule has 1 N–H and O–H groups in total. The molecule has 5 rings (SSSR count). The first-order chi connectivity index (χ1) is 14.7. The summed E-state index contributed by atoms with van der Waals surface area (Å²) in [7, 11) is 0. The van der Waals surface area contributed by atoms with Crippen molar-refractivity contribution >= 4 is 44.1 Å². The first-order valence-electron chi connectivity index (χ1n) is 9.43. The van der Waals surface area contributed by atoms with Crippen molar-refractivity contribution in [3.8, 4) is 0 Å². The zero-order chi connectivity index (χ0) is 20.5. The number of fused-ring (bicyclic) bond motifs is 2. The molecule has 3 aromatic carbocycles. The molecule has 5 aromatic rings. The third-order valence-electron chi connectivity index (χ3n) is 4.79. The summed E-state index contributed by atoms with van der Waals surface area (Å²) in [6.07, 6.45) is 0.724. The molecule has 0 radical (unpaired) electrons. The summed E-state index contributed by atoms with van der Waals surface area (Å²) in [4.78, 5) is 29.4. The van der Waals surface area contributed by atoms with Gasteiger partial charge in [0.25, 0.3) is 5.91 Å². The lowest BCUT2D eigenvalue weighted by molar-refractivity contribution is 0.102. The first kappa shape index (κ1) is 18.3. The molecule has 146 valence electrons. The van der Waals surface area contributed by atoms with Crippen LogP contribution in [0.4, 0.5) is 5.69 Å². The van der Waals surface area contributed by atoms with Gasteiger partial charge < -0.3 is 9.73 Å². The van der Waals surface area contributed by atoms with E-state index in [0.29, 0.717) is 16.7 Å². The van der Waals surface area contributed by atoms with Gasteiger partial charge in [-0.2, -0.15) is 0 Å². The molecule has 0 aliphatic rings. The van der Waals surface area contributed by atoms with E-state index in [2.05, 4.69) is 16.4 Å². The van der Waals surface area contributed by atoms with E-state index in [1.54, 1.807) is 35.6 Å². The Labute approximate surface area is 175 Å². The number of nitrogens with zero attached hydrogens (tertiary/aromatic N) is 1. The van der Waals surface area contributed by atoms with Crippen molar-refractivity contribution in [2.24, 2.45) is 0 Å². The van der Waals surface area contributed by atoms with Crippen LogP contribution < -0.4 is 10.9 Å². The summed E-state index contributed by atoms with van der Waals surface area (Å²) in [6, 6.07) is 24.3. The fourth-order valence-electron chi connectivity index (χ4n) is 3.29. The third kappa shape index (κ3) is 3.60. The van der Waals surface area contributed by atoms with E-state index in [-0.39, 0.29) is 5.56 Å². The summed E-state index contributed by atoms with van der Waals surface area (Å²) >= 11 is 1.68. The first-order valence-corrected chi connectivity index (χ1v) is 10.2. The Hall–Kier alpha value is -3.77. The highest BCUT2D eigenvalue weighted by atomic mass is 32.1. The molecule has 1 amide bonds. The van der Waals surface area contributed by atoms with Crippen LogP contribution >= 0.6 is 11.3 Å². The molecule has 0 bridgehead atoms. The number of carbonyl (C=O) groups excluding carboxylic acids is 1. The Kier molecular flexibility index (Phi) is 4.61. The molecule has 0 atom stereocenters. The van der Waals surface area contributed by atoms with Gasteiger partial charge >= 0.3 is 5.63 Å². The van der Waals surface area contributed by atoms with Gasteiger partial charge in [-0.15, -0.1) is 11.3 Å². The van der Waals surface area contributed by atoms with Gasteiger partial charge in [0.15, 0.2) is 0 Å². The fraction of sp³-hybridized carbons (Fsp3) is 0.0417. The molecule has 0 fully saturated rings. The molecule has 0 saturated heterocycles. The second-order valence-electron chi connectivity index (χ2n) is 6.89. The molecule has 0 saturated carbocycles. The minimum absolute atomic E-state index is 0.0211. The molecule has 0 unspecified atom stereocenters. The SMILES string of the molecule is O=C(Nc1ccc(Cc2nc3ccccc3s2)cc1)c1cc2ccccc2oc1=O. The van der Waals surface area contributed by atoms with Crippen LogP contribution in [0.1, 0.15) is 20.9 Å².